The van der Waals surface area contributed by atoms with E-state index in [0.29, 0.717) is 10.8 Å². The number of fused-ring (bicyclic) bond motifs is 10. The maximum atomic E-state index is 2.78. The van der Waals surface area contributed by atoms with Gasteiger partial charge in [0.1, 0.15) is 0 Å². The van der Waals surface area contributed by atoms with E-state index in [9.17, 15) is 0 Å². The van der Waals surface area contributed by atoms with Gasteiger partial charge in [-0.15, -0.1) is 11.3 Å². The maximum Gasteiger partial charge on any atom is 0.0383 e. The highest BCUT2D eigenvalue weighted by Crippen LogP contribution is 2.68. The van der Waals surface area contributed by atoms with Crippen molar-refractivity contribution in [2.24, 2.45) is 52.3 Å². The fourth-order valence-corrected chi connectivity index (χ4v) is 13.2. The molecule has 0 nitrogen and oxygen atoms in total. The molecule has 0 spiro atoms. The predicted molar refractivity (Wildman–Crippen MR) is 165 cm³/mol. The van der Waals surface area contributed by atoms with E-state index >= 15 is 0 Å². The molecular formula is C37H54S. The molecule has 5 aliphatic rings. The lowest BCUT2D eigenvalue weighted by Gasteiger charge is -2.60. The molecule has 1 aromatic heterocycles. The summed E-state index contributed by atoms with van der Waals surface area (Å²) in [6, 6.07) is 5.05. The fourth-order valence-electron chi connectivity index (χ4n) is 11.6. The summed E-state index contributed by atoms with van der Waals surface area (Å²) in [4.78, 5) is 1.80. The summed E-state index contributed by atoms with van der Waals surface area (Å²) in [5.74, 6) is 6.68. The number of hydrogen-bond donors (Lipinski definition) is 0. The molecule has 4 unspecified atom stereocenters. The first-order valence-corrected chi connectivity index (χ1v) is 17.7. The van der Waals surface area contributed by atoms with Crippen LogP contribution in [0.25, 0.3) is 10.1 Å². The van der Waals surface area contributed by atoms with E-state index in [4.69, 9.17) is 0 Å². The molecule has 3 fully saturated rings. The first-order chi connectivity index (χ1) is 18.3. The van der Waals surface area contributed by atoms with Gasteiger partial charge in [0.15, 0.2) is 0 Å². The van der Waals surface area contributed by atoms with Crippen LogP contribution in [0.4, 0.5) is 0 Å². The third-order valence-corrected chi connectivity index (χ3v) is 14.9. The van der Waals surface area contributed by atoms with E-state index in [1.54, 1.807) is 31.7 Å². The van der Waals surface area contributed by atoms with Crippen molar-refractivity contribution in [3.05, 3.63) is 33.7 Å². The third kappa shape index (κ3) is 3.94. The Hall–Kier alpha value is -0.820. The van der Waals surface area contributed by atoms with Gasteiger partial charge in [0.05, 0.1) is 0 Å². The summed E-state index contributed by atoms with van der Waals surface area (Å²) in [7, 11) is 0. The average molecular weight is 531 g/mol. The highest BCUT2D eigenvalue weighted by Gasteiger charge is 2.60. The Labute approximate surface area is 237 Å². The van der Waals surface area contributed by atoms with Crippen LogP contribution < -0.4 is 0 Å². The molecule has 38 heavy (non-hydrogen) atoms. The van der Waals surface area contributed by atoms with Crippen LogP contribution in [0, 0.1) is 52.3 Å². The van der Waals surface area contributed by atoms with Crippen LogP contribution >= 0.6 is 11.3 Å². The van der Waals surface area contributed by atoms with E-state index in [2.05, 4.69) is 58.1 Å². The van der Waals surface area contributed by atoms with Gasteiger partial charge in [-0.2, -0.15) is 0 Å². The van der Waals surface area contributed by atoms with Crippen molar-refractivity contribution >= 4 is 21.4 Å². The first kappa shape index (κ1) is 26.1. The molecule has 0 amide bonds. The number of hydrogen-bond acceptors (Lipinski definition) is 1. The largest absolute Gasteiger partial charge is 0.140 e. The Balaban J connectivity index is 1.14. The molecule has 0 N–H and O–H groups in total. The van der Waals surface area contributed by atoms with Gasteiger partial charge in [0, 0.05) is 9.58 Å². The van der Waals surface area contributed by atoms with Crippen LogP contribution in [0.5, 0.6) is 0 Å². The van der Waals surface area contributed by atoms with E-state index in [1.165, 1.54) is 96.3 Å². The van der Waals surface area contributed by atoms with Gasteiger partial charge in [-0.25, -0.2) is 0 Å². The van der Waals surface area contributed by atoms with Gasteiger partial charge < -0.3 is 0 Å². The van der Waals surface area contributed by atoms with Crippen molar-refractivity contribution in [1.82, 2.24) is 0 Å². The summed E-state index contributed by atoms with van der Waals surface area (Å²) < 4.78 is 1.70. The number of rotatable bonds is 5. The second-order valence-electron chi connectivity index (χ2n) is 15.9. The molecule has 1 aromatic carbocycles. The second kappa shape index (κ2) is 9.63. The van der Waals surface area contributed by atoms with Gasteiger partial charge >= 0.3 is 0 Å². The molecule has 1 heteroatoms. The van der Waals surface area contributed by atoms with Crippen molar-refractivity contribution in [3.63, 3.8) is 0 Å². The summed E-state index contributed by atoms with van der Waals surface area (Å²) in [5.41, 5.74) is 6.37. The summed E-state index contributed by atoms with van der Waals surface area (Å²) >= 11 is 2.24. The summed E-state index contributed by atoms with van der Waals surface area (Å²) in [6.45, 7) is 13.0. The number of benzene rings is 1. The summed E-state index contributed by atoms with van der Waals surface area (Å²) in [6.07, 6.45) is 21.7. The lowest BCUT2D eigenvalue weighted by Crippen LogP contribution is -2.54. The van der Waals surface area contributed by atoms with Gasteiger partial charge in [-0.05, 0) is 151 Å². The lowest BCUT2D eigenvalue weighted by molar-refractivity contribution is -0.103. The van der Waals surface area contributed by atoms with Crippen molar-refractivity contribution < 1.29 is 0 Å². The highest BCUT2D eigenvalue weighted by molar-refractivity contribution is 7.19. The van der Waals surface area contributed by atoms with E-state index in [1.807, 2.05) is 0 Å². The number of aryl methyl sites for hydroxylation is 2. The average Bonchev–Trinajstić information content (AvgIpc) is 3.43. The Morgan fingerprint density at radius 3 is 2.53 bits per heavy atom. The van der Waals surface area contributed by atoms with Crippen LogP contribution in [0.2, 0.25) is 0 Å². The molecule has 3 saturated carbocycles. The molecule has 7 rings (SSSR count). The molecule has 1 heterocycles. The minimum Gasteiger partial charge on any atom is -0.140 e. The van der Waals surface area contributed by atoms with Crippen molar-refractivity contribution in [1.29, 1.82) is 0 Å². The Morgan fingerprint density at radius 2 is 1.68 bits per heavy atom. The van der Waals surface area contributed by atoms with Crippen LogP contribution in [-0.4, -0.2) is 0 Å². The molecule has 8 atom stereocenters. The minimum absolute atomic E-state index is 0.541. The Bertz CT molecular complexity index is 1190. The standard InChI is InChI=1S/C37H54S/c1-23(2)9-8-10-24(3)31-17-18-32-29-16-14-26-21-30-28-15-13-25-11-6-7-12-27(25)35(28)38-34(30)22-37(26,5)33(29)19-20-36(31,32)4/h13,15,23-24,26,29,31-33H,6-12,14,16-22H2,1-5H3/t24-,26?,29?,31-,32?,33?,36-,37+/m1/s1. The van der Waals surface area contributed by atoms with E-state index in [-0.39, 0.29) is 0 Å². The molecule has 208 valence electrons. The van der Waals surface area contributed by atoms with Crippen LogP contribution in [0.3, 0.4) is 0 Å². The second-order valence-corrected chi connectivity index (χ2v) is 17.0. The monoisotopic (exact) mass is 530 g/mol. The van der Waals surface area contributed by atoms with Crippen LogP contribution in [0.15, 0.2) is 12.1 Å². The zero-order chi connectivity index (χ0) is 26.2. The van der Waals surface area contributed by atoms with Crippen molar-refractivity contribution in [2.75, 3.05) is 0 Å². The lowest BCUT2D eigenvalue weighted by atomic mass is 9.44. The Kier molecular flexibility index (Phi) is 6.62. The quantitative estimate of drug-likeness (QED) is 0.360. The molecule has 5 aliphatic carbocycles. The van der Waals surface area contributed by atoms with Gasteiger partial charge in [-0.3, -0.25) is 0 Å². The Morgan fingerprint density at radius 1 is 0.868 bits per heavy atom. The van der Waals surface area contributed by atoms with E-state index < -0.39 is 0 Å². The fraction of sp³-hybridized carbons (Fsp3) is 0.784. The zero-order valence-electron chi connectivity index (χ0n) is 25.2. The molecule has 0 aliphatic heterocycles. The minimum atomic E-state index is 0.541. The maximum absolute atomic E-state index is 2.78. The molecule has 0 bridgehead atoms. The molecular weight excluding hydrogens is 476 g/mol. The van der Waals surface area contributed by atoms with Crippen molar-refractivity contribution in [2.45, 2.75) is 131 Å². The van der Waals surface area contributed by atoms with Gasteiger partial charge in [-0.1, -0.05) is 66.0 Å². The molecule has 0 radical (unpaired) electrons. The van der Waals surface area contributed by atoms with Crippen LogP contribution in [-0.2, 0) is 25.7 Å². The highest BCUT2D eigenvalue weighted by atomic mass is 32.1. The zero-order valence-corrected chi connectivity index (χ0v) is 26.0. The topological polar surface area (TPSA) is 0 Å². The predicted octanol–water partition coefficient (Wildman–Crippen LogP) is 10.8. The number of thiophene rings is 1. The smallest absolute Gasteiger partial charge is 0.0383 e. The van der Waals surface area contributed by atoms with Gasteiger partial charge in [0.25, 0.3) is 0 Å². The molecule has 2 aromatic rings. The van der Waals surface area contributed by atoms with Crippen LogP contribution in [0.1, 0.15) is 127 Å². The molecule has 0 saturated heterocycles. The third-order valence-electron chi connectivity index (χ3n) is 13.6. The van der Waals surface area contributed by atoms with Crippen molar-refractivity contribution in [3.8, 4) is 0 Å². The SMILES string of the molecule is CC(C)CCC[C@@H](C)[C@H]1CCC2C3CCC4Cc5c(sc6c7c(ccc56)CCCC7)C[C@]4(C)C3CC[C@@]21C. The van der Waals surface area contributed by atoms with Gasteiger partial charge in [0.2, 0.25) is 0 Å². The van der Waals surface area contributed by atoms with E-state index in [0.717, 1.165) is 41.4 Å². The first-order valence-electron chi connectivity index (χ1n) is 16.8. The normalized spacial score (nSPS) is 38.8. The summed E-state index contributed by atoms with van der Waals surface area (Å²) in [5, 5.41) is 1.66.